The van der Waals surface area contributed by atoms with Crippen molar-refractivity contribution in [1.29, 1.82) is 0 Å². The van der Waals surface area contributed by atoms with Crippen molar-refractivity contribution in [2.75, 3.05) is 66.5 Å². The highest BCUT2D eigenvalue weighted by atomic mass is 16.5. The third-order valence-corrected chi connectivity index (χ3v) is 4.20. The van der Waals surface area contributed by atoms with E-state index in [1.165, 1.54) is 65.2 Å². The topological polar surface area (TPSA) is 19.0 Å². The molecular formula is C13H27N3O. The third kappa shape index (κ3) is 4.21. The maximum Gasteiger partial charge on any atom is 0.0595 e. The van der Waals surface area contributed by atoms with Gasteiger partial charge in [0.25, 0.3) is 0 Å². The van der Waals surface area contributed by atoms with E-state index in [-0.39, 0.29) is 0 Å². The molecule has 4 heteroatoms. The van der Waals surface area contributed by atoms with Crippen LogP contribution >= 0.6 is 0 Å². The van der Waals surface area contributed by atoms with Crippen molar-refractivity contribution < 1.29 is 4.74 Å². The van der Waals surface area contributed by atoms with E-state index in [1.54, 1.807) is 0 Å². The van der Waals surface area contributed by atoms with Crippen molar-refractivity contribution in [1.82, 2.24) is 14.7 Å². The van der Waals surface area contributed by atoms with Crippen LogP contribution in [0.25, 0.3) is 0 Å². The number of nitrogens with zero attached hydrogens (tertiary/aromatic N) is 3. The Morgan fingerprint density at radius 1 is 0.882 bits per heavy atom. The SMILES string of the molecule is COC1CCN(CCN2CCN(C)CC2)CC1. The van der Waals surface area contributed by atoms with Crippen LogP contribution in [0.3, 0.4) is 0 Å². The van der Waals surface area contributed by atoms with Gasteiger partial charge < -0.3 is 14.5 Å². The molecule has 2 saturated heterocycles. The van der Waals surface area contributed by atoms with Gasteiger partial charge >= 0.3 is 0 Å². The Morgan fingerprint density at radius 2 is 1.41 bits per heavy atom. The van der Waals surface area contributed by atoms with Crippen molar-refractivity contribution in [2.45, 2.75) is 18.9 Å². The molecule has 0 saturated carbocycles. The second-order valence-electron chi connectivity index (χ2n) is 5.42. The zero-order valence-electron chi connectivity index (χ0n) is 11.4. The Bertz CT molecular complexity index is 209. The summed E-state index contributed by atoms with van der Waals surface area (Å²) in [5.74, 6) is 0. The molecule has 0 N–H and O–H groups in total. The van der Waals surface area contributed by atoms with Gasteiger partial charge in [-0.15, -0.1) is 0 Å². The summed E-state index contributed by atoms with van der Waals surface area (Å²) in [6, 6.07) is 0. The Hall–Kier alpha value is -0.160. The van der Waals surface area contributed by atoms with Gasteiger partial charge in [-0.05, 0) is 19.9 Å². The monoisotopic (exact) mass is 241 g/mol. The Kier molecular flexibility index (Phi) is 5.22. The van der Waals surface area contributed by atoms with Crippen molar-refractivity contribution in [3.05, 3.63) is 0 Å². The molecule has 2 rings (SSSR count). The molecule has 0 spiro atoms. The molecule has 0 aromatic rings. The van der Waals surface area contributed by atoms with Gasteiger partial charge in [0.1, 0.15) is 0 Å². The number of methoxy groups -OCH3 is 1. The molecule has 100 valence electrons. The van der Waals surface area contributed by atoms with Crippen LogP contribution < -0.4 is 0 Å². The van der Waals surface area contributed by atoms with E-state index in [9.17, 15) is 0 Å². The fraction of sp³-hybridized carbons (Fsp3) is 1.00. The van der Waals surface area contributed by atoms with Gasteiger partial charge in [-0.3, -0.25) is 4.90 Å². The average molecular weight is 241 g/mol. The summed E-state index contributed by atoms with van der Waals surface area (Å²) in [7, 11) is 4.05. The zero-order valence-corrected chi connectivity index (χ0v) is 11.4. The number of ether oxygens (including phenoxy) is 1. The lowest BCUT2D eigenvalue weighted by Crippen LogP contribution is -2.48. The first kappa shape index (κ1) is 13.3. The smallest absolute Gasteiger partial charge is 0.0595 e. The Balaban J connectivity index is 1.59. The minimum atomic E-state index is 0.509. The molecule has 0 amide bonds. The lowest BCUT2D eigenvalue weighted by atomic mass is 10.1. The molecule has 0 unspecified atom stereocenters. The lowest BCUT2D eigenvalue weighted by molar-refractivity contribution is 0.0364. The average Bonchev–Trinajstić information content (AvgIpc) is 2.39. The van der Waals surface area contributed by atoms with Crippen LogP contribution in [0.1, 0.15) is 12.8 Å². The number of likely N-dealkylation sites (tertiary alicyclic amines) is 1. The van der Waals surface area contributed by atoms with Gasteiger partial charge in [-0.2, -0.15) is 0 Å². The number of hydrogen-bond acceptors (Lipinski definition) is 4. The minimum absolute atomic E-state index is 0.509. The molecular weight excluding hydrogens is 214 g/mol. The highest BCUT2D eigenvalue weighted by molar-refractivity contribution is 4.75. The molecule has 2 aliphatic heterocycles. The van der Waals surface area contributed by atoms with Crippen molar-refractivity contribution in [3.63, 3.8) is 0 Å². The first-order valence-electron chi connectivity index (χ1n) is 6.94. The molecule has 4 nitrogen and oxygen atoms in total. The second kappa shape index (κ2) is 6.69. The van der Waals surface area contributed by atoms with Crippen molar-refractivity contribution in [3.8, 4) is 0 Å². The summed E-state index contributed by atoms with van der Waals surface area (Å²) in [5.41, 5.74) is 0. The van der Waals surface area contributed by atoms with E-state index in [2.05, 4.69) is 21.7 Å². The quantitative estimate of drug-likeness (QED) is 0.707. The maximum absolute atomic E-state index is 5.40. The van der Waals surface area contributed by atoms with Gasteiger partial charge in [-0.25, -0.2) is 0 Å². The van der Waals surface area contributed by atoms with Crippen LogP contribution in [0, 0.1) is 0 Å². The molecule has 2 fully saturated rings. The van der Waals surface area contributed by atoms with E-state index in [1.807, 2.05) is 7.11 Å². The number of rotatable bonds is 4. The summed E-state index contributed by atoms with van der Waals surface area (Å²) < 4.78 is 5.40. The fourth-order valence-corrected chi connectivity index (χ4v) is 2.72. The molecule has 0 aromatic heterocycles. The van der Waals surface area contributed by atoms with Crippen LogP contribution in [0.15, 0.2) is 0 Å². The van der Waals surface area contributed by atoms with E-state index < -0.39 is 0 Å². The molecule has 0 atom stereocenters. The zero-order chi connectivity index (χ0) is 12.1. The Labute approximate surface area is 105 Å². The molecule has 0 radical (unpaired) electrons. The molecule has 0 bridgehead atoms. The summed E-state index contributed by atoms with van der Waals surface area (Å²) in [6.45, 7) is 9.84. The fourth-order valence-electron chi connectivity index (χ4n) is 2.72. The second-order valence-corrected chi connectivity index (χ2v) is 5.42. The predicted molar refractivity (Wildman–Crippen MR) is 70.4 cm³/mol. The van der Waals surface area contributed by atoms with Crippen LogP contribution in [0.4, 0.5) is 0 Å². The first-order valence-corrected chi connectivity index (χ1v) is 6.94. The highest BCUT2D eigenvalue weighted by Crippen LogP contribution is 2.12. The van der Waals surface area contributed by atoms with Gasteiger partial charge in [0.05, 0.1) is 6.10 Å². The molecule has 17 heavy (non-hydrogen) atoms. The van der Waals surface area contributed by atoms with Crippen molar-refractivity contribution in [2.24, 2.45) is 0 Å². The van der Waals surface area contributed by atoms with Crippen LogP contribution in [-0.2, 0) is 4.74 Å². The Morgan fingerprint density at radius 3 is 1.94 bits per heavy atom. The minimum Gasteiger partial charge on any atom is -0.381 e. The lowest BCUT2D eigenvalue weighted by Gasteiger charge is -2.36. The summed E-state index contributed by atoms with van der Waals surface area (Å²) in [6.07, 6.45) is 2.92. The molecule has 0 aromatic carbocycles. The largest absolute Gasteiger partial charge is 0.381 e. The van der Waals surface area contributed by atoms with Gasteiger partial charge in [0, 0.05) is 59.5 Å². The van der Waals surface area contributed by atoms with E-state index in [0.717, 1.165) is 0 Å². The number of hydrogen-bond donors (Lipinski definition) is 0. The summed E-state index contributed by atoms with van der Waals surface area (Å²) in [4.78, 5) is 7.61. The predicted octanol–water partition coefficient (Wildman–Crippen LogP) is 0.345. The van der Waals surface area contributed by atoms with Gasteiger partial charge in [-0.1, -0.05) is 0 Å². The van der Waals surface area contributed by atoms with E-state index >= 15 is 0 Å². The number of piperidine rings is 1. The normalized spacial score (nSPS) is 26.5. The van der Waals surface area contributed by atoms with Gasteiger partial charge in [0.15, 0.2) is 0 Å². The number of likely N-dealkylation sites (N-methyl/N-ethyl adjacent to an activating group) is 1. The van der Waals surface area contributed by atoms with Crippen LogP contribution in [-0.4, -0.2) is 87.3 Å². The summed E-state index contributed by atoms with van der Waals surface area (Å²) in [5, 5.41) is 0. The van der Waals surface area contributed by atoms with E-state index in [0.29, 0.717) is 6.10 Å². The highest BCUT2D eigenvalue weighted by Gasteiger charge is 2.19. The van der Waals surface area contributed by atoms with Crippen LogP contribution in [0.5, 0.6) is 0 Å². The van der Waals surface area contributed by atoms with Crippen molar-refractivity contribution >= 4 is 0 Å². The van der Waals surface area contributed by atoms with E-state index in [4.69, 9.17) is 4.74 Å². The standard InChI is InChI=1S/C13H27N3O/c1-14-7-9-16(10-8-14)12-11-15-5-3-13(17-2)4-6-15/h13H,3-12H2,1-2H3. The summed E-state index contributed by atoms with van der Waals surface area (Å²) >= 11 is 0. The first-order chi connectivity index (χ1) is 8.28. The third-order valence-electron chi connectivity index (χ3n) is 4.20. The molecule has 2 heterocycles. The van der Waals surface area contributed by atoms with Gasteiger partial charge in [0.2, 0.25) is 0 Å². The van der Waals surface area contributed by atoms with Crippen LogP contribution in [0.2, 0.25) is 0 Å². The molecule has 0 aliphatic carbocycles. The molecule has 2 aliphatic rings. The maximum atomic E-state index is 5.40. The number of piperazine rings is 1.